The molecular formula is C10H12Cl2F2N2O. The van der Waals surface area contributed by atoms with Crippen LogP contribution in [0.5, 0.6) is 0 Å². The first kappa shape index (κ1) is 16.1. The molecule has 1 amide bonds. The van der Waals surface area contributed by atoms with Gasteiger partial charge in [0.2, 0.25) is 5.91 Å². The average molecular weight is 285 g/mol. The molecule has 1 aromatic carbocycles. The monoisotopic (exact) mass is 284 g/mol. The Morgan fingerprint density at radius 1 is 1.35 bits per heavy atom. The third-order valence-electron chi connectivity index (χ3n) is 2.14. The van der Waals surface area contributed by atoms with Gasteiger partial charge in [0.1, 0.15) is 11.6 Å². The zero-order valence-electron chi connectivity index (χ0n) is 8.75. The van der Waals surface area contributed by atoms with Gasteiger partial charge in [-0.15, -0.1) is 24.0 Å². The molecule has 1 rings (SSSR count). The summed E-state index contributed by atoms with van der Waals surface area (Å²) < 4.78 is 25.9. The fourth-order valence-electron chi connectivity index (χ4n) is 1.44. The normalized spacial score (nSPS) is 11.5. The number of nitrogens with one attached hydrogen (secondary N) is 1. The van der Waals surface area contributed by atoms with E-state index in [9.17, 15) is 13.6 Å². The molecule has 3 N–H and O–H groups in total. The maximum atomic E-state index is 13.0. The van der Waals surface area contributed by atoms with Gasteiger partial charge in [-0.1, -0.05) is 0 Å². The van der Waals surface area contributed by atoms with Crippen molar-refractivity contribution in [3.05, 3.63) is 35.4 Å². The van der Waals surface area contributed by atoms with Gasteiger partial charge in [0.05, 0.1) is 5.92 Å². The van der Waals surface area contributed by atoms with Crippen molar-refractivity contribution in [2.45, 2.75) is 12.3 Å². The largest absolute Gasteiger partial charge is 0.294 e. The van der Waals surface area contributed by atoms with Crippen LogP contribution in [0.4, 0.5) is 8.78 Å². The molecule has 0 heterocycles. The summed E-state index contributed by atoms with van der Waals surface area (Å²) in [6, 6.07) is 2.92. The van der Waals surface area contributed by atoms with E-state index in [0.717, 1.165) is 18.2 Å². The van der Waals surface area contributed by atoms with Crippen LogP contribution in [-0.2, 0) is 4.79 Å². The average Bonchev–Trinajstić information content (AvgIpc) is 2.23. The SMILES string of the molecule is Cl.NNC(=O)C(CCCl)c1cc(F)cc(F)c1. The standard InChI is InChI=1S/C10H11ClF2N2O.ClH/c11-2-1-9(10(16)15-14)6-3-7(12)5-8(13)4-6;/h3-5,9H,1-2,14H2,(H,15,16);1H. The molecule has 96 valence electrons. The number of halogens is 4. The van der Waals surface area contributed by atoms with E-state index in [0.29, 0.717) is 0 Å². The Kier molecular flexibility index (Phi) is 7.03. The third kappa shape index (κ3) is 4.46. The zero-order chi connectivity index (χ0) is 12.1. The van der Waals surface area contributed by atoms with Crippen LogP contribution >= 0.6 is 24.0 Å². The molecule has 0 aromatic heterocycles. The van der Waals surface area contributed by atoms with Crippen LogP contribution in [0.15, 0.2) is 18.2 Å². The van der Waals surface area contributed by atoms with E-state index < -0.39 is 23.5 Å². The fraction of sp³-hybridized carbons (Fsp3) is 0.300. The number of alkyl halides is 1. The van der Waals surface area contributed by atoms with Gasteiger partial charge in [-0.2, -0.15) is 0 Å². The van der Waals surface area contributed by atoms with E-state index in [1.165, 1.54) is 0 Å². The molecule has 7 heteroatoms. The van der Waals surface area contributed by atoms with Crippen molar-refractivity contribution in [2.75, 3.05) is 5.88 Å². The lowest BCUT2D eigenvalue weighted by atomic mass is 9.95. The number of hydrazine groups is 1. The maximum absolute atomic E-state index is 13.0. The second-order valence-corrected chi connectivity index (χ2v) is 3.62. The molecule has 0 spiro atoms. The summed E-state index contributed by atoms with van der Waals surface area (Å²) in [5.74, 6) is 2.44. The number of nitrogens with two attached hydrogens (primary N) is 1. The molecule has 0 bridgehead atoms. The lowest BCUT2D eigenvalue weighted by Gasteiger charge is -2.14. The quantitative estimate of drug-likeness (QED) is 0.385. The van der Waals surface area contributed by atoms with Gasteiger partial charge in [0, 0.05) is 11.9 Å². The topological polar surface area (TPSA) is 55.1 Å². The Bertz CT molecular complexity index is 370. The van der Waals surface area contributed by atoms with Crippen molar-refractivity contribution in [1.82, 2.24) is 5.43 Å². The van der Waals surface area contributed by atoms with E-state index in [2.05, 4.69) is 0 Å². The predicted molar refractivity (Wildman–Crippen MR) is 64.0 cm³/mol. The summed E-state index contributed by atoms with van der Waals surface area (Å²) in [6.07, 6.45) is 0.257. The van der Waals surface area contributed by atoms with E-state index in [1.807, 2.05) is 5.43 Å². The molecule has 1 aromatic rings. The Morgan fingerprint density at radius 2 is 1.88 bits per heavy atom. The molecule has 0 saturated carbocycles. The van der Waals surface area contributed by atoms with Crippen molar-refractivity contribution in [3.63, 3.8) is 0 Å². The first-order valence-electron chi connectivity index (χ1n) is 4.61. The minimum atomic E-state index is -0.743. The first-order valence-corrected chi connectivity index (χ1v) is 5.14. The van der Waals surface area contributed by atoms with Crippen LogP contribution in [0.25, 0.3) is 0 Å². The molecule has 0 aliphatic rings. The number of benzene rings is 1. The Labute approximate surface area is 109 Å². The third-order valence-corrected chi connectivity index (χ3v) is 2.36. The summed E-state index contributed by atoms with van der Waals surface area (Å²) in [6.45, 7) is 0. The Morgan fingerprint density at radius 3 is 2.29 bits per heavy atom. The number of hydrogen-bond acceptors (Lipinski definition) is 2. The molecule has 17 heavy (non-hydrogen) atoms. The summed E-state index contributed by atoms with van der Waals surface area (Å²) >= 11 is 5.52. The smallest absolute Gasteiger partial charge is 0.241 e. The molecule has 0 fully saturated rings. The highest BCUT2D eigenvalue weighted by Crippen LogP contribution is 2.22. The lowest BCUT2D eigenvalue weighted by molar-refractivity contribution is -0.122. The van der Waals surface area contributed by atoms with Crippen molar-refractivity contribution in [1.29, 1.82) is 0 Å². The van der Waals surface area contributed by atoms with Gasteiger partial charge < -0.3 is 0 Å². The van der Waals surface area contributed by atoms with Crippen molar-refractivity contribution < 1.29 is 13.6 Å². The van der Waals surface area contributed by atoms with Gasteiger partial charge in [0.25, 0.3) is 0 Å². The predicted octanol–water partition coefficient (Wildman–Crippen LogP) is 2.09. The molecule has 1 unspecified atom stereocenters. The minimum absolute atomic E-state index is 0. The van der Waals surface area contributed by atoms with Crippen molar-refractivity contribution >= 4 is 29.9 Å². The van der Waals surface area contributed by atoms with E-state index in [-0.39, 0.29) is 30.3 Å². The summed E-state index contributed by atoms with van der Waals surface area (Å²) in [4.78, 5) is 11.4. The number of carbonyl (C=O) groups is 1. The van der Waals surface area contributed by atoms with Crippen LogP contribution in [-0.4, -0.2) is 11.8 Å². The minimum Gasteiger partial charge on any atom is -0.294 e. The molecule has 0 aliphatic carbocycles. The van der Waals surface area contributed by atoms with Gasteiger partial charge in [-0.05, 0) is 24.1 Å². The van der Waals surface area contributed by atoms with Gasteiger partial charge in [-0.25, -0.2) is 14.6 Å². The van der Waals surface area contributed by atoms with Gasteiger partial charge >= 0.3 is 0 Å². The van der Waals surface area contributed by atoms with Crippen LogP contribution in [0.1, 0.15) is 17.9 Å². The molecule has 0 aliphatic heterocycles. The Balaban J connectivity index is 0.00000256. The highest BCUT2D eigenvalue weighted by Gasteiger charge is 2.20. The van der Waals surface area contributed by atoms with Crippen molar-refractivity contribution in [2.24, 2.45) is 5.84 Å². The summed E-state index contributed by atoms with van der Waals surface area (Å²) in [7, 11) is 0. The van der Waals surface area contributed by atoms with Crippen molar-refractivity contribution in [3.8, 4) is 0 Å². The van der Waals surface area contributed by atoms with Crippen LogP contribution < -0.4 is 11.3 Å². The second-order valence-electron chi connectivity index (χ2n) is 3.24. The van der Waals surface area contributed by atoms with Gasteiger partial charge in [0.15, 0.2) is 0 Å². The van der Waals surface area contributed by atoms with Crippen LogP contribution in [0, 0.1) is 11.6 Å². The number of rotatable bonds is 4. The van der Waals surface area contributed by atoms with E-state index >= 15 is 0 Å². The molecular weight excluding hydrogens is 273 g/mol. The molecule has 0 radical (unpaired) electrons. The van der Waals surface area contributed by atoms with Crippen LogP contribution in [0.3, 0.4) is 0 Å². The zero-order valence-corrected chi connectivity index (χ0v) is 10.3. The highest BCUT2D eigenvalue weighted by molar-refractivity contribution is 6.18. The van der Waals surface area contributed by atoms with Gasteiger partial charge in [-0.3, -0.25) is 10.2 Å². The summed E-state index contributed by atoms with van der Waals surface area (Å²) in [5, 5.41) is 0. The maximum Gasteiger partial charge on any atom is 0.241 e. The number of carbonyl (C=O) groups excluding carboxylic acids is 1. The molecule has 1 atom stereocenters. The first-order chi connectivity index (χ1) is 7.58. The number of amides is 1. The highest BCUT2D eigenvalue weighted by atomic mass is 35.5. The van der Waals surface area contributed by atoms with Crippen LogP contribution in [0.2, 0.25) is 0 Å². The second kappa shape index (κ2) is 7.42. The molecule has 3 nitrogen and oxygen atoms in total. The fourth-order valence-corrected chi connectivity index (χ4v) is 1.65. The number of hydrogen-bond donors (Lipinski definition) is 2. The van der Waals surface area contributed by atoms with E-state index in [1.54, 1.807) is 0 Å². The lowest BCUT2D eigenvalue weighted by Crippen LogP contribution is -2.35. The Hall–Kier alpha value is -0.910. The summed E-state index contributed by atoms with van der Waals surface area (Å²) in [5.41, 5.74) is 2.17. The molecule has 0 saturated heterocycles. The van der Waals surface area contributed by atoms with E-state index in [4.69, 9.17) is 17.4 Å².